The second-order valence-electron chi connectivity index (χ2n) is 6.64. The van der Waals surface area contributed by atoms with Gasteiger partial charge in [0.1, 0.15) is 12.3 Å². The number of carbonyl (C=O) groups excluding carboxylic acids is 1. The largest absolute Gasteiger partial charge is 0.494 e. The van der Waals surface area contributed by atoms with E-state index in [9.17, 15) is 13.2 Å². The predicted molar refractivity (Wildman–Crippen MR) is 118 cm³/mol. The first-order valence-electron chi connectivity index (χ1n) is 8.84. The van der Waals surface area contributed by atoms with Crippen LogP contribution < -0.4 is 14.8 Å². The van der Waals surface area contributed by atoms with Crippen molar-refractivity contribution in [3.63, 3.8) is 0 Å². The average Bonchev–Trinajstić information content (AvgIpc) is 3.03. The highest BCUT2D eigenvalue weighted by Gasteiger charge is 2.14. The van der Waals surface area contributed by atoms with Crippen molar-refractivity contribution in [1.29, 1.82) is 0 Å². The second kappa shape index (κ2) is 8.67. The summed E-state index contributed by atoms with van der Waals surface area (Å²) in [5, 5.41) is 9.70. The lowest BCUT2D eigenvalue weighted by molar-refractivity contribution is -0.116. The fraction of sp³-hybridized carbons (Fsp3) is 0.211. The Morgan fingerprint density at radius 1 is 1.23 bits per heavy atom. The van der Waals surface area contributed by atoms with Gasteiger partial charge in [0.25, 0.3) is 0 Å². The molecule has 9 nitrogen and oxygen atoms in total. The van der Waals surface area contributed by atoms with Crippen LogP contribution in [-0.4, -0.2) is 42.5 Å². The van der Waals surface area contributed by atoms with Crippen LogP contribution in [-0.2, 0) is 21.4 Å². The van der Waals surface area contributed by atoms with Gasteiger partial charge in [-0.3, -0.25) is 19.2 Å². The molecule has 2 aromatic carbocycles. The molecule has 3 rings (SSSR count). The number of carbonyl (C=O) groups is 1. The summed E-state index contributed by atoms with van der Waals surface area (Å²) < 4.78 is 32.4. The molecule has 0 spiro atoms. The molecule has 0 saturated carbocycles. The minimum Gasteiger partial charge on any atom is -0.494 e. The third kappa shape index (κ3) is 5.24. The molecule has 0 bridgehead atoms. The van der Waals surface area contributed by atoms with Crippen LogP contribution in [0, 0.1) is 11.7 Å². The van der Waals surface area contributed by atoms with Crippen LogP contribution in [0.2, 0.25) is 0 Å². The molecular weight excluding hydrogens is 426 g/mol. The second-order valence-corrected chi connectivity index (χ2v) is 8.78. The Labute approximate surface area is 179 Å². The monoisotopic (exact) mass is 447 g/mol. The van der Waals surface area contributed by atoms with Gasteiger partial charge in [0.2, 0.25) is 15.9 Å². The van der Waals surface area contributed by atoms with E-state index in [4.69, 9.17) is 17.0 Å². The lowest BCUT2D eigenvalue weighted by atomic mass is 10.1. The lowest BCUT2D eigenvalue weighted by Crippen LogP contribution is -2.19. The number of aryl methyl sites for hydroxylation is 1. The number of nitrogens with zero attached hydrogens (tertiary/aromatic N) is 2. The van der Waals surface area contributed by atoms with E-state index in [1.54, 1.807) is 10.6 Å². The Morgan fingerprint density at radius 3 is 2.57 bits per heavy atom. The number of nitrogens with one attached hydrogen (secondary N) is 3. The first-order chi connectivity index (χ1) is 14.2. The maximum atomic E-state index is 12.6. The summed E-state index contributed by atoms with van der Waals surface area (Å²) in [7, 11) is -2.05. The quantitative estimate of drug-likeness (QED) is 0.479. The number of anilines is 2. The van der Waals surface area contributed by atoms with Gasteiger partial charge in [-0.25, -0.2) is 8.42 Å². The number of aromatic amines is 1. The number of hydrogen-bond donors (Lipinski definition) is 3. The summed E-state index contributed by atoms with van der Waals surface area (Å²) in [5.41, 5.74) is 2.66. The van der Waals surface area contributed by atoms with E-state index in [1.165, 1.54) is 19.2 Å². The smallest absolute Gasteiger partial charge is 0.244 e. The maximum absolute atomic E-state index is 12.6. The molecule has 158 valence electrons. The van der Waals surface area contributed by atoms with Gasteiger partial charge < -0.3 is 10.1 Å². The van der Waals surface area contributed by atoms with Gasteiger partial charge in [0.15, 0.2) is 10.6 Å². The molecule has 3 N–H and O–H groups in total. The van der Waals surface area contributed by atoms with Crippen LogP contribution in [0.5, 0.6) is 5.75 Å². The van der Waals surface area contributed by atoms with Gasteiger partial charge in [-0.15, -0.1) is 0 Å². The summed E-state index contributed by atoms with van der Waals surface area (Å²) >= 11 is 5.27. The number of H-pyrrole nitrogens is 1. The molecule has 0 radical (unpaired) electrons. The molecule has 30 heavy (non-hydrogen) atoms. The van der Waals surface area contributed by atoms with Crippen molar-refractivity contribution in [2.45, 2.75) is 13.5 Å². The van der Waals surface area contributed by atoms with Crippen LogP contribution in [0.25, 0.3) is 11.4 Å². The van der Waals surface area contributed by atoms with Gasteiger partial charge in [-0.1, -0.05) is 29.8 Å². The standard InChI is InChI=1S/C19H21N5O4S2/c1-12-4-6-13(7-5-12)18-21-22-19(29)24(18)11-17(25)20-14-8-9-15(16(10-14)28-2)23-30(3,26)27/h4-10,23H,11H2,1-3H3,(H,20,25)(H,22,29). The van der Waals surface area contributed by atoms with Crippen molar-refractivity contribution >= 4 is 39.5 Å². The molecular formula is C19H21N5O4S2. The SMILES string of the molecule is COc1cc(NC(=O)Cn2c(-c3ccc(C)cc3)n[nH]c2=S)ccc1NS(C)(=O)=O. The summed E-state index contributed by atoms with van der Waals surface area (Å²) in [6.07, 6.45) is 1.04. The molecule has 1 amide bonds. The highest BCUT2D eigenvalue weighted by Crippen LogP contribution is 2.28. The number of aromatic nitrogens is 3. The van der Waals surface area contributed by atoms with Crippen LogP contribution >= 0.6 is 12.2 Å². The van der Waals surface area contributed by atoms with E-state index in [1.807, 2.05) is 31.2 Å². The van der Waals surface area contributed by atoms with E-state index in [2.05, 4.69) is 20.2 Å². The first kappa shape index (κ1) is 21.5. The van der Waals surface area contributed by atoms with Crippen molar-refractivity contribution in [3.8, 4) is 17.1 Å². The maximum Gasteiger partial charge on any atom is 0.244 e. The number of sulfonamides is 1. The third-order valence-electron chi connectivity index (χ3n) is 4.15. The number of methoxy groups -OCH3 is 1. The molecule has 1 heterocycles. The number of amides is 1. The predicted octanol–water partition coefficient (Wildman–Crippen LogP) is 2.93. The topological polar surface area (TPSA) is 118 Å². The minimum absolute atomic E-state index is 0.0514. The summed E-state index contributed by atoms with van der Waals surface area (Å²) in [6.45, 7) is 1.93. The minimum atomic E-state index is -3.46. The number of benzene rings is 2. The zero-order valence-electron chi connectivity index (χ0n) is 16.6. The molecule has 0 atom stereocenters. The van der Waals surface area contributed by atoms with Crippen LogP contribution in [0.15, 0.2) is 42.5 Å². The van der Waals surface area contributed by atoms with Gasteiger partial charge in [-0.05, 0) is 31.3 Å². The van der Waals surface area contributed by atoms with Crippen molar-refractivity contribution in [2.75, 3.05) is 23.4 Å². The number of rotatable bonds is 7. The van der Waals surface area contributed by atoms with Crippen molar-refractivity contribution < 1.29 is 17.9 Å². The van der Waals surface area contributed by atoms with Gasteiger partial charge >= 0.3 is 0 Å². The summed E-state index contributed by atoms with van der Waals surface area (Å²) in [4.78, 5) is 12.6. The molecule has 0 unspecified atom stereocenters. The molecule has 3 aromatic rings. The highest BCUT2D eigenvalue weighted by atomic mass is 32.2. The van der Waals surface area contributed by atoms with Gasteiger partial charge in [-0.2, -0.15) is 5.10 Å². The van der Waals surface area contributed by atoms with Gasteiger partial charge in [0, 0.05) is 17.3 Å². The van der Waals surface area contributed by atoms with E-state index < -0.39 is 10.0 Å². The third-order valence-corrected chi connectivity index (χ3v) is 5.05. The zero-order valence-corrected chi connectivity index (χ0v) is 18.2. The van der Waals surface area contributed by atoms with E-state index >= 15 is 0 Å². The van der Waals surface area contributed by atoms with E-state index in [0.717, 1.165) is 17.4 Å². The van der Waals surface area contributed by atoms with Crippen molar-refractivity contribution in [3.05, 3.63) is 52.8 Å². The number of ether oxygens (including phenoxy) is 1. The molecule has 0 aliphatic rings. The Bertz CT molecular complexity index is 1230. The Kier molecular flexibility index (Phi) is 6.22. The molecule has 0 saturated heterocycles. The van der Waals surface area contributed by atoms with Crippen LogP contribution in [0.1, 0.15) is 5.56 Å². The van der Waals surface area contributed by atoms with Crippen molar-refractivity contribution in [2.24, 2.45) is 0 Å². The highest BCUT2D eigenvalue weighted by molar-refractivity contribution is 7.92. The lowest BCUT2D eigenvalue weighted by Gasteiger charge is -2.13. The zero-order chi connectivity index (χ0) is 21.9. The van der Waals surface area contributed by atoms with E-state index in [-0.39, 0.29) is 23.9 Å². The van der Waals surface area contributed by atoms with Crippen molar-refractivity contribution in [1.82, 2.24) is 14.8 Å². The summed E-state index contributed by atoms with van der Waals surface area (Å²) in [6, 6.07) is 12.3. The van der Waals surface area contributed by atoms with Gasteiger partial charge in [0.05, 0.1) is 19.1 Å². The Morgan fingerprint density at radius 2 is 1.93 bits per heavy atom. The number of hydrogen-bond acceptors (Lipinski definition) is 6. The summed E-state index contributed by atoms with van der Waals surface area (Å²) in [5.74, 6) is 0.505. The fourth-order valence-corrected chi connectivity index (χ4v) is 3.55. The molecule has 0 aliphatic heterocycles. The van der Waals surface area contributed by atoms with Crippen LogP contribution in [0.3, 0.4) is 0 Å². The molecule has 11 heteroatoms. The average molecular weight is 448 g/mol. The van der Waals surface area contributed by atoms with E-state index in [0.29, 0.717) is 16.3 Å². The fourth-order valence-electron chi connectivity index (χ4n) is 2.78. The normalized spacial score (nSPS) is 11.2. The molecule has 1 aromatic heterocycles. The molecule has 0 fully saturated rings. The Hall–Kier alpha value is -3.18. The first-order valence-corrected chi connectivity index (χ1v) is 11.1. The molecule has 0 aliphatic carbocycles. The van der Waals surface area contributed by atoms with Crippen LogP contribution in [0.4, 0.5) is 11.4 Å². The Balaban J connectivity index is 1.79.